The SMILES string of the molecule is Cc1cc(O)c([C@@H](c2ccccc2Cl)N2CCN(C)CC2)c(=O)n1Cc1ccco1. The normalized spacial score (nSPS) is 16.6. The molecular formula is C23H26ClN3O3. The summed E-state index contributed by atoms with van der Waals surface area (Å²) in [5, 5.41) is 11.5. The van der Waals surface area contributed by atoms with Crippen molar-refractivity contribution in [3.05, 3.63) is 86.7 Å². The van der Waals surface area contributed by atoms with Crippen molar-refractivity contribution < 1.29 is 9.52 Å². The van der Waals surface area contributed by atoms with E-state index in [2.05, 4.69) is 16.8 Å². The van der Waals surface area contributed by atoms with E-state index in [1.807, 2.05) is 37.3 Å². The number of aryl methyl sites for hydroxylation is 1. The number of furan rings is 1. The minimum Gasteiger partial charge on any atom is -0.507 e. The number of pyridine rings is 1. The molecule has 30 heavy (non-hydrogen) atoms. The Balaban J connectivity index is 1.86. The van der Waals surface area contributed by atoms with Crippen LogP contribution in [0.5, 0.6) is 5.75 Å². The average molecular weight is 428 g/mol. The molecule has 0 unspecified atom stereocenters. The summed E-state index contributed by atoms with van der Waals surface area (Å²) < 4.78 is 7.10. The van der Waals surface area contributed by atoms with Gasteiger partial charge in [-0.2, -0.15) is 0 Å². The van der Waals surface area contributed by atoms with E-state index >= 15 is 0 Å². The van der Waals surface area contributed by atoms with E-state index in [4.69, 9.17) is 16.0 Å². The number of nitrogens with zero attached hydrogens (tertiary/aromatic N) is 3. The summed E-state index contributed by atoms with van der Waals surface area (Å²) in [5.41, 5.74) is 1.62. The fraction of sp³-hybridized carbons (Fsp3) is 0.348. The fourth-order valence-electron chi connectivity index (χ4n) is 4.09. The third kappa shape index (κ3) is 4.03. The number of hydrogen-bond donors (Lipinski definition) is 1. The van der Waals surface area contributed by atoms with Crippen LogP contribution in [0.25, 0.3) is 0 Å². The van der Waals surface area contributed by atoms with Crippen molar-refractivity contribution in [3.63, 3.8) is 0 Å². The van der Waals surface area contributed by atoms with Gasteiger partial charge in [0.15, 0.2) is 0 Å². The van der Waals surface area contributed by atoms with E-state index in [0.29, 0.717) is 28.6 Å². The zero-order valence-corrected chi connectivity index (χ0v) is 18.0. The lowest BCUT2D eigenvalue weighted by atomic mass is 9.96. The van der Waals surface area contributed by atoms with Gasteiger partial charge in [0.05, 0.1) is 24.4 Å². The third-order valence-corrected chi connectivity index (χ3v) is 6.14. The Labute approximate surface area is 180 Å². The maximum absolute atomic E-state index is 13.7. The highest BCUT2D eigenvalue weighted by molar-refractivity contribution is 6.31. The molecule has 6 nitrogen and oxygen atoms in total. The Morgan fingerprint density at radius 3 is 2.53 bits per heavy atom. The molecular weight excluding hydrogens is 402 g/mol. The highest BCUT2D eigenvalue weighted by atomic mass is 35.5. The van der Waals surface area contributed by atoms with Gasteiger partial charge in [0.25, 0.3) is 5.56 Å². The minimum atomic E-state index is -0.427. The van der Waals surface area contributed by atoms with Gasteiger partial charge in [0.1, 0.15) is 11.5 Å². The van der Waals surface area contributed by atoms with E-state index in [0.717, 1.165) is 31.7 Å². The van der Waals surface area contributed by atoms with Gasteiger partial charge in [0.2, 0.25) is 0 Å². The summed E-state index contributed by atoms with van der Waals surface area (Å²) in [5.74, 6) is 0.683. The molecule has 0 saturated carbocycles. The Morgan fingerprint density at radius 2 is 1.87 bits per heavy atom. The second-order valence-electron chi connectivity index (χ2n) is 7.82. The molecule has 0 aliphatic carbocycles. The average Bonchev–Trinajstić information content (AvgIpc) is 3.23. The van der Waals surface area contributed by atoms with Crippen molar-refractivity contribution in [2.24, 2.45) is 0 Å². The smallest absolute Gasteiger partial charge is 0.260 e. The number of benzene rings is 1. The number of halogens is 1. The molecule has 1 aromatic carbocycles. The van der Waals surface area contributed by atoms with Crippen molar-refractivity contribution in [2.75, 3.05) is 33.2 Å². The summed E-state index contributed by atoms with van der Waals surface area (Å²) in [6.07, 6.45) is 1.59. The minimum absolute atomic E-state index is 0.00274. The second kappa shape index (κ2) is 8.68. The standard InChI is InChI=1S/C23H26ClN3O3/c1-16-14-20(28)21(23(29)27(16)15-17-6-5-13-30-17)22(18-7-3-4-8-19(18)24)26-11-9-25(2)10-12-26/h3-8,13-14,22,28H,9-12,15H2,1-2H3/t22-/m1/s1. The van der Waals surface area contributed by atoms with Crippen molar-refractivity contribution in [3.8, 4) is 5.75 Å². The van der Waals surface area contributed by atoms with Gasteiger partial charge in [-0.15, -0.1) is 0 Å². The van der Waals surface area contributed by atoms with Crippen LogP contribution in [0.2, 0.25) is 5.02 Å². The first-order valence-electron chi connectivity index (χ1n) is 10.1. The van der Waals surface area contributed by atoms with E-state index < -0.39 is 6.04 Å². The van der Waals surface area contributed by atoms with Crippen LogP contribution in [0.15, 0.2) is 57.9 Å². The van der Waals surface area contributed by atoms with Gasteiger partial charge in [-0.1, -0.05) is 29.8 Å². The van der Waals surface area contributed by atoms with Crippen LogP contribution in [-0.4, -0.2) is 52.7 Å². The molecule has 0 radical (unpaired) electrons. The van der Waals surface area contributed by atoms with Crippen LogP contribution in [0.4, 0.5) is 0 Å². The van der Waals surface area contributed by atoms with Gasteiger partial charge in [0, 0.05) is 36.9 Å². The lowest BCUT2D eigenvalue weighted by molar-refractivity contribution is 0.125. The molecule has 3 aromatic rings. The highest BCUT2D eigenvalue weighted by Gasteiger charge is 2.32. The molecule has 3 heterocycles. The summed E-state index contributed by atoms with van der Waals surface area (Å²) >= 11 is 6.57. The number of piperazine rings is 1. The van der Waals surface area contributed by atoms with Gasteiger partial charge < -0.3 is 19.0 Å². The summed E-state index contributed by atoms with van der Waals surface area (Å²) in [4.78, 5) is 18.1. The zero-order valence-electron chi connectivity index (χ0n) is 17.2. The Morgan fingerprint density at radius 1 is 1.13 bits per heavy atom. The van der Waals surface area contributed by atoms with E-state index in [1.165, 1.54) is 0 Å². The maximum Gasteiger partial charge on any atom is 0.260 e. The molecule has 1 atom stereocenters. The fourth-order valence-corrected chi connectivity index (χ4v) is 4.33. The van der Waals surface area contributed by atoms with Gasteiger partial charge >= 0.3 is 0 Å². The number of rotatable bonds is 5. The molecule has 1 aliphatic heterocycles. The lowest BCUT2D eigenvalue weighted by Crippen LogP contribution is -2.47. The van der Waals surface area contributed by atoms with E-state index in [1.54, 1.807) is 23.0 Å². The third-order valence-electron chi connectivity index (χ3n) is 5.79. The molecule has 1 saturated heterocycles. The van der Waals surface area contributed by atoms with Crippen molar-refractivity contribution in [1.82, 2.24) is 14.4 Å². The van der Waals surface area contributed by atoms with Crippen molar-refractivity contribution in [2.45, 2.75) is 19.5 Å². The number of hydrogen-bond acceptors (Lipinski definition) is 5. The van der Waals surface area contributed by atoms with Gasteiger partial charge in [-0.05, 0) is 43.8 Å². The second-order valence-corrected chi connectivity index (χ2v) is 8.23. The predicted octanol–water partition coefficient (Wildman–Crippen LogP) is 3.49. The summed E-state index contributed by atoms with van der Waals surface area (Å²) in [6, 6.07) is 12.4. The molecule has 1 fully saturated rings. The van der Waals surface area contributed by atoms with Crippen LogP contribution >= 0.6 is 11.6 Å². The topological polar surface area (TPSA) is 61.9 Å². The number of likely N-dealkylation sites (N-methyl/N-ethyl adjacent to an activating group) is 1. The number of aromatic nitrogens is 1. The Kier molecular flexibility index (Phi) is 5.99. The van der Waals surface area contributed by atoms with Crippen LogP contribution in [-0.2, 0) is 6.54 Å². The van der Waals surface area contributed by atoms with Crippen molar-refractivity contribution in [1.29, 1.82) is 0 Å². The predicted molar refractivity (Wildman–Crippen MR) is 117 cm³/mol. The highest BCUT2D eigenvalue weighted by Crippen LogP contribution is 2.36. The first-order valence-corrected chi connectivity index (χ1v) is 10.5. The molecule has 0 amide bonds. The summed E-state index contributed by atoms with van der Waals surface area (Å²) in [7, 11) is 2.08. The quantitative estimate of drug-likeness (QED) is 0.675. The van der Waals surface area contributed by atoms with Crippen LogP contribution in [0, 0.1) is 6.92 Å². The molecule has 0 bridgehead atoms. The molecule has 4 rings (SSSR count). The monoisotopic (exact) mass is 427 g/mol. The van der Waals surface area contributed by atoms with Crippen molar-refractivity contribution >= 4 is 11.6 Å². The van der Waals surface area contributed by atoms with Gasteiger partial charge in [-0.3, -0.25) is 9.69 Å². The van der Waals surface area contributed by atoms with Gasteiger partial charge in [-0.25, -0.2) is 0 Å². The molecule has 1 aliphatic rings. The molecule has 1 N–H and O–H groups in total. The maximum atomic E-state index is 13.7. The van der Waals surface area contributed by atoms with Crippen LogP contribution < -0.4 is 5.56 Å². The molecule has 158 valence electrons. The first-order chi connectivity index (χ1) is 14.5. The molecule has 7 heteroatoms. The zero-order chi connectivity index (χ0) is 21.3. The van der Waals surface area contributed by atoms with Crippen LogP contribution in [0.3, 0.4) is 0 Å². The lowest BCUT2D eigenvalue weighted by Gasteiger charge is -2.38. The Bertz CT molecular complexity index is 1070. The summed E-state index contributed by atoms with van der Waals surface area (Å²) in [6.45, 7) is 5.44. The first kappa shape index (κ1) is 20.7. The largest absolute Gasteiger partial charge is 0.507 e. The Hall–Kier alpha value is -2.54. The number of aromatic hydroxyl groups is 1. The van der Waals surface area contributed by atoms with Crippen LogP contribution in [0.1, 0.15) is 28.6 Å². The molecule has 0 spiro atoms. The molecule has 2 aromatic heterocycles. The van der Waals surface area contributed by atoms with E-state index in [-0.39, 0.29) is 11.3 Å². The van der Waals surface area contributed by atoms with E-state index in [9.17, 15) is 9.90 Å².